The molecule has 92 valence electrons. The van der Waals surface area contributed by atoms with Gasteiger partial charge in [-0.25, -0.2) is 0 Å². The molecular weight excluding hydrogens is 234 g/mol. The van der Waals surface area contributed by atoms with Gasteiger partial charge in [0.05, 0.1) is 11.1 Å². The van der Waals surface area contributed by atoms with Crippen molar-refractivity contribution in [3.63, 3.8) is 0 Å². The van der Waals surface area contributed by atoms with Crippen molar-refractivity contribution < 1.29 is 0 Å². The lowest BCUT2D eigenvalue weighted by Gasteiger charge is -2.10. The van der Waals surface area contributed by atoms with Crippen molar-refractivity contribution in [1.82, 2.24) is 4.57 Å². The van der Waals surface area contributed by atoms with Crippen molar-refractivity contribution in [1.29, 1.82) is 5.26 Å². The van der Waals surface area contributed by atoms with E-state index in [0.29, 0.717) is 5.56 Å². The van der Waals surface area contributed by atoms with E-state index in [1.165, 1.54) is 0 Å². The quantitative estimate of drug-likeness (QED) is 0.670. The van der Waals surface area contributed by atoms with Crippen LogP contribution in [0.15, 0.2) is 48.7 Å². The van der Waals surface area contributed by atoms with Crippen LogP contribution >= 0.6 is 0 Å². The van der Waals surface area contributed by atoms with E-state index in [0.717, 1.165) is 27.8 Å². The maximum absolute atomic E-state index is 9.26. The lowest BCUT2D eigenvalue weighted by atomic mass is 10.1. The van der Waals surface area contributed by atoms with Gasteiger partial charge in [0.2, 0.25) is 0 Å². The monoisotopic (exact) mass is 247 g/mol. The van der Waals surface area contributed by atoms with Crippen molar-refractivity contribution in [2.75, 3.05) is 5.73 Å². The summed E-state index contributed by atoms with van der Waals surface area (Å²) in [5.74, 6) is 0. The number of fused-ring (bicyclic) bond motifs is 1. The highest BCUT2D eigenvalue weighted by molar-refractivity contribution is 5.87. The molecule has 0 spiro atoms. The first-order chi connectivity index (χ1) is 9.20. The molecule has 1 heterocycles. The van der Waals surface area contributed by atoms with E-state index in [-0.39, 0.29) is 0 Å². The van der Waals surface area contributed by atoms with E-state index in [9.17, 15) is 5.26 Å². The van der Waals surface area contributed by atoms with E-state index in [1.807, 2.05) is 60.2 Å². The number of hydrogen-bond donors (Lipinski definition) is 1. The fraction of sp³-hybridized carbons (Fsp3) is 0.0625. The number of hydrogen-bond acceptors (Lipinski definition) is 2. The van der Waals surface area contributed by atoms with Gasteiger partial charge < -0.3 is 10.3 Å². The topological polar surface area (TPSA) is 54.7 Å². The molecule has 0 aliphatic carbocycles. The molecule has 3 heteroatoms. The smallest absolute Gasteiger partial charge is 0.101 e. The van der Waals surface area contributed by atoms with Gasteiger partial charge in [-0.15, -0.1) is 0 Å². The Balaban J connectivity index is 2.35. The SMILES string of the molecule is Cc1cc(N)ccc1-n1ccc2cccc(C#N)c21. The summed E-state index contributed by atoms with van der Waals surface area (Å²) in [6, 6.07) is 15.8. The summed E-state index contributed by atoms with van der Waals surface area (Å²) < 4.78 is 2.04. The largest absolute Gasteiger partial charge is 0.399 e. The summed E-state index contributed by atoms with van der Waals surface area (Å²) in [7, 11) is 0. The normalized spacial score (nSPS) is 10.5. The average molecular weight is 247 g/mol. The zero-order chi connectivity index (χ0) is 13.4. The Morgan fingerprint density at radius 1 is 1.16 bits per heavy atom. The molecule has 1 aromatic heterocycles. The van der Waals surface area contributed by atoms with Crippen LogP contribution < -0.4 is 5.73 Å². The molecule has 3 nitrogen and oxygen atoms in total. The molecule has 3 rings (SSSR count). The highest BCUT2D eigenvalue weighted by atomic mass is 15.0. The van der Waals surface area contributed by atoms with E-state index < -0.39 is 0 Å². The van der Waals surface area contributed by atoms with Gasteiger partial charge in [-0.1, -0.05) is 12.1 Å². The first kappa shape index (κ1) is 11.4. The third-order valence-electron chi connectivity index (χ3n) is 3.31. The molecule has 0 atom stereocenters. The van der Waals surface area contributed by atoms with Gasteiger partial charge in [0.15, 0.2) is 0 Å². The molecule has 0 saturated heterocycles. The van der Waals surface area contributed by atoms with Crippen LogP contribution in [0.2, 0.25) is 0 Å². The third-order valence-corrected chi connectivity index (χ3v) is 3.31. The number of nitriles is 1. The van der Waals surface area contributed by atoms with Gasteiger partial charge in [0.1, 0.15) is 6.07 Å². The van der Waals surface area contributed by atoms with E-state index in [4.69, 9.17) is 5.73 Å². The molecule has 19 heavy (non-hydrogen) atoms. The third kappa shape index (κ3) is 1.74. The summed E-state index contributed by atoms with van der Waals surface area (Å²) in [6.45, 7) is 2.02. The first-order valence-corrected chi connectivity index (χ1v) is 6.07. The number of nitrogen functional groups attached to an aromatic ring is 1. The second kappa shape index (κ2) is 4.18. The van der Waals surface area contributed by atoms with Gasteiger partial charge >= 0.3 is 0 Å². The molecule has 0 amide bonds. The number of para-hydroxylation sites is 1. The molecule has 0 fully saturated rings. The minimum atomic E-state index is 0.679. The number of rotatable bonds is 1. The summed E-state index contributed by atoms with van der Waals surface area (Å²) in [4.78, 5) is 0. The van der Waals surface area contributed by atoms with Gasteiger partial charge in [-0.05, 0) is 42.8 Å². The molecule has 2 N–H and O–H groups in total. The highest BCUT2D eigenvalue weighted by Gasteiger charge is 2.09. The van der Waals surface area contributed by atoms with Crippen LogP contribution in [0.1, 0.15) is 11.1 Å². The molecule has 0 radical (unpaired) electrons. The van der Waals surface area contributed by atoms with Crippen LogP contribution in [0.25, 0.3) is 16.6 Å². The second-order valence-electron chi connectivity index (χ2n) is 4.59. The number of benzene rings is 2. The first-order valence-electron chi connectivity index (χ1n) is 6.07. The number of anilines is 1. The molecule has 0 bridgehead atoms. The number of aromatic nitrogens is 1. The molecule has 0 aliphatic heterocycles. The van der Waals surface area contributed by atoms with Crippen molar-refractivity contribution in [2.24, 2.45) is 0 Å². The van der Waals surface area contributed by atoms with Gasteiger partial charge in [0, 0.05) is 23.0 Å². The molecule has 0 saturated carbocycles. The van der Waals surface area contributed by atoms with Crippen LogP contribution in [-0.4, -0.2) is 4.57 Å². The predicted octanol–water partition coefficient (Wildman–Crippen LogP) is 3.39. The molecule has 3 aromatic rings. The van der Waals surface area contributed by atoms with E-state index in [1.54, 1.807) is 0 Å². The number of aryl methyl sites for hydroxylation is 1. The van der Waals surface area contributed by atoms with Crippen LogP contribution in [0.4, 0.5) is 5.69 Å². The lowest BCUT2D eigenvalue weighted by molar-refractivity contribution is 1.10. The maximum atomic E-state index is 9.26. The standard InChI is InChI=1S/C16H13N3/c1-11-9-14(18)5-6-15(11)19-8-7-12-3-2-4-13(10-17)16(12)19/h2-9H,18H2,1H3. The number of nitrogens with two attached hydrogens (primary N) is 1. The molecule has 0 unspecified atom stereocenters. The van der Waals surface area contributed by atoms with Gasteiger partial charge in [-0.3, -0.25) is 0 Å². The average Bonchev–Trinajstić information content (AvgIpc) is 2.82. The maximum Gasteiger partial charge on any atom is 0.101 e. The fourth-order valence-corrected chi connectivity index (χ4v) is 2.43. The number of nitrogens with zero attached hydrogens (tertiary/aromatic N) is 2. The van der Waals surface area contributed by atoms with Crippen LogP contribution in [-0.2, 0) is 0 Å². The van der Waals surface area contributed by atoms with Crippen LogP contribution in [0.3, 0.4) is 0 Å². The predicted molar refractivity (Wildman–Crippen MR) is 77.1 cm³/mol. The highest BCUT2D eigenvalue weighted by Crippen LogP contribution is 2.26. The van der Waals surface area contributed by atoms with Gasteiger partial charge in [-0.2, -0.15) is 5.26 Å². The van der Waals surface area contributed by atoms with E-state index >= 15 is 0 Å². The Labute approximate surface area is 111 Å². The molecular formula is C16H13N3. The molecule has 2 aromatic carbocycles. The van der Waals surface area contributed by atoms with Crippen molar-refractivity contribution in [2.45, 2.75) is 6.92 Å². The lowest BCUT2D eigenvalue weighted by Crippen LogP contribution is -1.98. The Bertz CT molecular complexity index is 806. The van der Waals surface area contributed by atoms with Gasteiger partial charge in [0.25, 0.3) is 0 Å². The minimum absolute atomic E-state index is 0.679. The van der Waals surface area contributed by atoms with Crippen molar-refractivity contribution >= 4 is 16.6 Å². The Morgan fingerprint density at radius 3 is 2.74 bits per heavy atom. The van der Waals surface area contributed by atoms with E-state index in [2.05, 4.69) is 6.07 Å². The fourth-order valence-electron chi connectivity index (χ4n) is 2.43. The zero-order valence-electron chi connectivity index (χ0n) is 10.6. The van der Waals surface area contributed by atoms with Crippen LogP contribution in [0, 0.1) is 18.3 Å². The zero-order valence-corrected chi connectivity index (χ0v) is 10.6. The molecule has 0 aliphatic rings. The Kier molecular flexibility index (Phi) is 2.50. The Hall–Kier alpha value is -2.73. The van der Waals surface area contributed by atoms with Crippen molar-refractivity contribution in [3.05, 3.63) is 59.8 Å². The minimum Gasteiger partial charge on any atom is -0.399 e. The second-order valence-corrected chi connectivity index (χ2v) is 4.59. The summed E-state index contributed by atoms with van der Waals surface area (Å²) >= 11 is 0. The Morgan fingerprint density at radius 2 is 2.00 bits per heavy atom. The van der Waals surface area contributed by atoms with Crippen molar-refractivity contribution in [3.8, 4) is 11.8 Å². The summed E-state index contributed by atoms with van der Waals surface area (Å²) in [6.07, 6.45) is 1.99. The summed E-state index contributed by atoms with van der Waals surface area (Å²) in [5.41, 5.74) is 10.3. The summed E-state index contributed by atoms with van der Waals surface area (Å²) in [5, 5.41) is 10.3. The van der Waals surface area contributed by atoms with Crippen LogP contribution in [0.5, 0.6) is 0 Å².